The average Bonchev–Trinajstić information content (AvgIpc) is 2.63. The van der Waals surface area contributed by atoms with Crippen molar-refractivity contribution >= 4 is 40.8 Å². The Morgan fingerprint density at radius 3 is 2.29 bits per heavy atom. The van der Waals surface area contributed by atoms with Crippen LogP contribution in [0.25, 0.3) is 0 Å². The zero-order chi connectivity index (χ0) is 20.7. The fraction of sp³-hybridized carbons (Fsp3) is 0.286. The van der Waals surface area contributed by atoms with Gasteiger partial charge in [-0.05, 0) is 50.1 Å². The lowest BCUT2D eigenvalue weighted by atomic mass is 10.1. The van der Waals surface area contributed by atoms with Gasteiger partial charge >= 0.3 is 5.97 Å². The predicted molar refractivity (Wildman–Crippen MR) is 110 cm³/mol. The fourth-order valence-electron chi connectivity index (χ4n) is 2.52. The van der Waals surface area contributed by atoms with Crippen LogP contribution in [-0.4, -0.2) is 24.4 Å². The second-order valence-electron chi connectivity index (χ2n) is 6.53. The predicted octanol–water partition coefficient (Wildman–Crippen LogP) is 4.17. The molecule has 0 aromatic heterocycles. The number of hydrogen-bond donors (Lipinski definition) is 2. The van der Waals surface area contributed by atoms with Crippen molar-refractivity contribution in [3.05, 3.63) is 58.1 Å². The molecule has 0 bridgehead atoms. The number of anilines is 2. The van der Waals surface area contributed by atoms with E-state index >= 15 is 0 Å². The largest absolute Gasteiger partial charge is 0.456 e. The number of hydrogen-bond acceptors (Lipinski definition) is 4. The van der Waals surface area contributed by atoms with E-state index in [1.54, 1.807) is 18.2 Å². The van der Waals surface area contributed by atoms with Crippen LogP contribution in [0.1, 0.15) is 29.5 Å². The number of aryl methyl sites for hydroxylation is 3. The second kappa shape index (κ2) is 9.90. The summed E-state index contributed by atoms with van der Waals surface area (Å²) in [5.74, 6) is -1.38. The minimum Gasteiger partial charge on any atom is -0.456 e. The summed E-state index contributed by atoms with van der Waals surface area (Å²) in [6.45, 7) is 5.27. The molecule has 0 aliphatic heterocycles. The first-order valence-corrected chi connectivity index (χ1v) is 9.21. The number of nitrogens with one attached hydrogen (secondary N) is 2. The van der Waals surface area contributed by atoms with Crippen molar-refractivity contribution in [2.24, 2.45) is 0 Å². The van der Waals surface area contributed by atoms with E-state index in [1.807, 2.05) is 39.0 Å². The van der Waals surface area contributed by atoms with Gasteiger partial charge in [-0.25, -0.2) is 0 Å². The number of carbonyl (C=O) groups excluding carboxylic acids is 3. The molecule has 0 saturated heterocycles. The Morgan fingerprint density at radius 2 is 1.57 bits per heavy atom. The van der Waals surface area contributed by atoms with Gasteiger partial charge in [-0.1, -0.05) is 35.4 Å². The topological polar surface area (TPSA) is 84.5 Å². The minimum atomic E-state index is -0.617. The van der Waals surface area contributed by atoms with Crippen LogP contribution in [0, 0.1) is 20.8 Å². The van der Waals surface area contributed by atoms with Crippen LogP contribution >= 0.6 is 11.6 Å². The summed E-state index contributed by atoms with van der Waals surface area (Å²) in [7, 11) is 0. The molecule has 0 heterocycles. The third-order valence-electron chi connectivity index (χ3n) is 4.05. The number of ether oxygens (including phenoxy) is 1. The highest BCUT2D eigenvalue weighted by molar-refractivity contribution is 6.31. The second-order valence-corrected chi connectivity index (χ2v) is 6.97. The lowest BCUT2D eigenvalue weighted by Crippen LogP contribution is -2.22. The standard InChI is InChI=1S/C21H23ClN2O4/c1-13-4-7-17(15(3)10-13)23-19(25)8-9-21(27)28-12-20(26)24-18-11-16(22)6-5-14(18)2/h4-7,10-11H,8-9,12H2,1-3H3,(H,23,25)(H,24,26). The van der Waals surface area contributed by atoms with Crippen molar-refractivity contribution in [2.75, 3.05) is 17.2 Å². The molecule has 2 N–H and O–H groups in total. The highest BCUT2D eigenvalue weighted by Crippen LogP contribution is 2.20. The number of halogens is 1. The Bertz CT molecular complexity index is 896. The maximum Gasteiger partial charge on any atom is 0.306 e. The van der Waals surface area contributed by atoms with Gasteiger partial charge in [-0.2, -0.15) is 0 Å². The van der Waals surface area contributed by atoms with Crippen molar-refractivity contribution in [2.45, 2.75) is 33.6 Å². The summed E-state index contributed by atoms with van der Waals surface area (Å²) in [6.07, 6.45) is -0.138. The third-order valence-corrected chi connectivity index (χ3v) is 4.29. The molecule has 0 spiro atoms. The SMILES string of the molecule is Cc1ccc(NC(=O)CCC(=O)OCC(=O)Nc2cc(Cl)ccc2C)c(C)c1. The Labute approximate surface area is 169 Å². The van der Waals surface area contributed by atoms with Crippen LogP contribution in [0.3, 0.4) is 0 Å². The molecule has 6 nitrogen and oxygen atoms in total. The van der Waals surface area contributed by atoms with Gasteiger partial charge in [0, 0.05) is 22.8 Å². The molecule has 28 heavy (non-hydrogen) atoms. The van der Waals surface area contributed by atoms with Crippen molar-refractivity contribution < 1.29 is 19.1 Å². The van der Waals surface area contributed by atoms with Gasteiger partial charge in [0.25, 0.3) is 5.91 Å². The van der Waals surface area contributed by atoms with E-state index < -0.39 is 18.5 Å². The monoisotopic (exact) mass is 402 g/mol. The molecule has 2 aromatic carbocycles. The summed E-state index contributed by atoms with van der Waals surface area (Å²) in [4.78, 5) is 35.7. The number of esters is 1. The van der Waals surface area contributed by atoms with Gasteiger partial charge in [-0.15, -0.1) is 0 Å². The van der Waals surface area contributed by atoms with Crippen molar-refractivity contribution in [3.63, 3.8) is 0 Å². The molecule has 0 fully saturated rings. The summed E-state index contributed by atoms with van der Waals surface area (Å²) in [5, 5.41) is 5.89. The molecule has 0 atom stereocenters. The zero-order valence-electron chi connectivity index (χ0n) is 16.1. The van der Waals surface area contributed by atoms with E-state index in [-0.39, 0.29) is 18.7 Å². The maximum atomic E-state index is 12.0. The van der Waals surface area contributed by atoms with Gasteiger partial charge in [-0.3, -0.25) is 14.4 Å². The molecule has 0 unspecified atom stereocenters. The Balaban J connectivity index is 1.74. The lowest BCUT2D eigenvalue weighted by molar-refractivity contribution is -0.147. The first-order chi connectivity index (χ1) is 13.2. The van der Waals surface area contributed by atoms with Gasteiger partial charge in [0.1, 0.15) is 0 Å². The number of amides is 2. The Kier molecular flexibility index (Phi) is 7.58. The smallest absolute Gasteiger partial charge is 0.306 e. The van der Waals surface area contributed by atoms with Gasteiger partial charge in [0.15, 0.2) is 6.61 Å². The van der Waals surface area contributed by atoms with E-state index in [4.69, 9.17) is 16.3 Å². The van der Waals surface area contributed by atoms with Crippen LogP contribution in [0.5, 0.6) is 0 Å². The van der Waals surface area contributed by atoms with E-state index in [0.717, 1.165) is 16.7 Å². The van der Waals surface area contributed by atoms with Crippen LogP contribution in [0.15, 0.2) is 36.4 Å². The van der Waals surface area contributed by atoms with Crippen LogP contribution in [0.2, 0.25) is 5.02 Å². The first-order valence-electron chi connectivity index (χ1n) is 8.83. The molecule has 0 saturated carbocycles. The fourth-order valence-corrected chi connectivity index (χ4v) is 2.69. The molecular formula is C21H23ClN2O4. The maximum absolute atomic E-state index is 12.0. The lowest BCUT2D eigenvalue weighted by Gasteiger charge is -2.10. The molecular weight excluding hydrogens is 380 g/mol. The summed E-state index contributed by atoms with van der Waals surface area (Å²) in [6, 6.07) is 10.8. The first kappa shape index (κ1) is 21.4. The molecule has 7 heteroatoms. The molecule has 0 radical (unpaired) electrons. The summed E-state index contributed by atoms with van der Waals surface area (Å²) in [5.41, 5.74) is 4.16. The van der Waals surface area contributed by atoms with Gasteiger partial charge in [0.05, 0.1) is 6.42 Å². The van der Waals surface area contributed by atoms with E-state index in [2.05, 4.69) is 10.6 Å². The summed E-state index contributed by atoms with van der Waals surface area (Å²) >= 11 is 5.90. The van der Waals surface area contributed by atoms with Gasteiger partial charge < -0.3 is 15.4 Å². The van der Waals surface area contributed by atoms with Gasteiger partial charge in [0.2, 0.25) is 5.91 Å². The highest BCUT2D eigenvalue weighted by Gasteiger charge is 2.12. The molecule has 2 amide bonds. The van der Waals surface area contributed by atoms with Crippen molar-refractivity contribution in [1.82, 2.24) is 0 Å². The quantitative estimate of drug-likeness (QED) is 0.681. The average molecular weight is 403 g/mol. The number of carbonyl (C=O) groups is 3. The Hall–Kier alpha value is -2.86. The van der Waals surface area contributed by atoms with Crippen molar-refractivity contribution in [1.29, 1.82) is 0 Å². The molecule has 148 valence electrons. The molecule has 0 aliphatic rings. The normalized spacial score (nSPS) is 10.3. The van der Waals surface area contributed by atoms with Crippen LogP contribution in [0.4, 0.5) is 11.4 Å². The highest BCUT2D eigenvalue weighted by atomic mass is 35.5. The molecule has 0 aliphatic carbocycles. The van der Waals surface area contributed by atoms with E-state index in [9.17, 15) is 14.4 Å². The zero-order valence-corrected chi connectivity index (χ0v) is 16.9. The number of benzene rings is 2. The Morgan fingerprint density at radius 1 is 0.857 bits per heavy atom. The summed E-state index contributed by atoms with van der Waals surface area (Å²) < 4.78 is 4.92. The third kappa shape index (κ3) is 6.70. The van der Waals surface area contributed by atoms with Crippen LogP contribution < -0.4 is 10.6 Å². The van der Waals surface area contributed by atoms with E-state index in [1.165, 1.54) is 0 Å². The van der Waals surface area contributed by atoms with E-state index in [0.29, 0.717) is 16.4 Å². The minimum absolute atomic E-state index is 0.0266. The van der Waals surface area contributed by atoms with Crippen molar-refractivity contribution in [3.8, 4) is 0 Å². The molecule has 2 rings (SSSR count). The molecule has 2 aromatic rings. The van der Waals surface area contributed by atoms with Crippen LogP contribution in [-0.2, 0) is 19.1 Å². The number of rotatable bonds is 7.